The van der Waals surface area contributed by atoms with Gasteiger partial charge in [0, 0.05) is 17.5 Å². The molecule has 1 fully saturated rings. The molecule has 1 amide bonds. The average Bonchev–Trinajstić information content (AvgIpc) is 2.82. The van der Waals surface area contributed by atoms with Crippen LogP contribution in [0.4, 0.5) is 0 Å². The van der Waals surface area contributed by atoms with Crippen molar-refractivity contribution in [2.75, 3.05) is 0 Å². The van der Waals surface area contributed by atoms with Gasteiger partial charge in [0.25, 0.3) is 0 Å². The molecule has 0 aromatic heterocycles. The van der Waals surface area contributed by atoms with Crippen LogP contribution < -0.4 is 11.1 Å². The molecule has 1 aromatic rings. The first-order valence-corrected chi connectivity index (χ1v) is 8.16. The number of carbonyl (C=O) groups is 1. The van der Waals surface area contributed by atoms with Crippen LogP contribution in [-0.4, -0.2) is 11.9 Å². The van der Waals surface area contributed by atoms with Gasteiger partial charge in [-0.2, -0.15) is 0 Å². The van der Waals surface area contributed by atoms with E-state index in [4.69, 9.17) is 17.3 Å². The Morgan fingerprint density at radius 3 is 2.59 bits per heavy atom. The van der Waals surface area contributed by atoms with E-state index >= 15 is 0 Å². The fraction of sp³-hybridized carbons (Fsp3) is 0.588. The second-order valence-corrected chi connectivity index (χ2v) is 6.78. The Bertz CT molecular complexity index is 493. The molecule has 1 aromatic carbocycles. The van der Waals surface area contributed by atoms with Gasteiger partial charge in [-0.25, -0.2) is 0 Å². The van der Waals surface area contributed by atoms with Crippen LogP contribution in [0.2, 0.25) is 5.02 Å². The number of hydrogen-bond acceptors (Lipinski definition) is 2. The highest BCUT2D eigenvalue weighted by molar-refractivity contribution is 6.31. The summed E-state index contributed by atoms with van der Waals surface area (Å²) >= 11 is 6.27. The lowest BCUT2D eigenvalue weighted by Gasteiger charge is -2.25. The maximum absolute atomic E-state index is 12.3. The van der Waals surface area contributed by atoms with Crippen molar-refractivity contribution in [3.63, 3.8) is 0 Å². The van der Waals surface area contributed by atoms with E-state index < -0.39 is 0 Å². The molecule has 3 N–H and O–H groups in total. The molecule has 3 nitrogen and oxygen atoms in total. The van der Waals surface area contributed by atoms with Gasteiger partial charge in [0.15, 0.2) is 0 Å². The lowest BCUT2D eigenvalue weighted by molar-refractivity contribution is -0.123. The lowest BCUT2D eigenvalue weighted by Crippen LogP contribution is -2.35. The van der Waals surface area contributed by atoms with Crippen molar-refractivity contribution in [1.82, 2.24) is 5.32 Å². The van der Waals surface area contributed by atoms with E-state index in [9.17, 15) is 4.79 Å². The van der Waals surface area contributed by atoms with Gasteiger partial charge in [-0.05, 0) is 36.3 Å². The number of amides is 1. The molecule has 5 heteroatoms. The predicted octanol–water partition coefficient (Wildman–Crippen LogP) is 4.09. The molecule has 2 rings (SSSR count). The van der Waals surface area contributed by atoms with Gasteiger partial charge in [-0.15, -0.1) is 12.4 Å². The Labute approximate surface area is 144 Å². The van der Waals surface area contributed by atoms with Gasteiger partial charge in [0.2, 0.25) is 5.91 Å². The Morgan fingerprint density at radius 2 is 2.05 bits per heavy atom. The molecule has 22 heavy (non-hydrogen) atoms. The summed E-state index contributed by atoms with van der Waals surface area (Å²) in [7, 11) is 0. The quantitative estimate of drug-likeness (QED) is 0.844. The minimum Gasteiger partial charge on any atom is -0.349 e. The second-order valence-electron chi connectivity index (χ2n) is 6.37. The van der Waals surface area contributed by atoms with Crippen LogP contribution in [0.25, 0.3) is 0 Å². The first-order valence-electron chi connectivity index (χ1n) is 7.78. The zero-order chi connectivity index (χ0) is 15.4. The van der Waals surface area contributed by atoms with Crippen molar-refractivity contribution in [1.29, 1.82) is 0 Å². The Hall–Kier alpha value is -0.770. The third-order valence-corrected chi connectivity index (χ3v) is 4.73. The van der Waals surface area contributed by atoms with Crippen molar-refractivity contribution in [3.05, 3.63) is 34.9 Å². The summed E-state index contributed by atoms with van der Waals surface area (Å²) in [5, 5.41) is 3.84. The Balaban J connectivity index is 0.00000242. The standard InChI is InChI=1S/C17H25ClN2O.ClH/c1-11(2)17(13-7-3-4-8-14(13)18)20-16(21)10-12-6-5-9-15(12)19;/h3-4,7-8,11-12,15,17H,5-6,9-10,19H2,1-2H3,(H,20,21);1H/t12-,15+,17?;/m0./s1. The summed E-state index contributed by atoms with van der Waals surface area (Å²) < 4.78 is 0. The molecule has 1 saturated carbocycles. The summed E-state index contributed by atoms with van der Waals surface area (Å²) in [6.07, 6.45) is 3.76. The molecule has 3 atom stereocenters. The first kappa shape index (κ1) is 19.3. The SMILES string of the molecule is CC(C)C(NC(=O)C[C@@H]1CCC[C@H]1N)c1ccccc1Cl.Cl. The highest BCUT2D eigenvalue weighted by Crippen LogP contribution is 2.30. The fourth-order valence-electron chi connectivity index (χ4n) is 3.12. The van der Waals surface area contributed by atoms with Crippen LogP contribution in [0.1, 0.15) is 51.1 Å². The van der Waals surface area contributed by atoms with E-state index in [1.165, 1.54) is 0 Å². The first-order chi connectivity index (χ1) is 9.99. The Kier molecular flexibility index (Phi) is 7.67. The smallest absolute Gasteiger partial charge is 0.220 e. The average molecular weight is 345 g/mol. The predicted molar refractivity (Wildman–Crippen MR) is 94.4 cm³/mol. The molecule has 0 bridgehead atoms. The van der Waals surface area contributed by atoms with Gasteiger partial charge in [0.05, 0.1) is 6.04 Å². The number of nitrogens with one attached hydrogen (secondary N) is 1. The highest BCUT2D eigenvalue weighted by atomic mass is 35.5. The van der Waals surface area contributed by atoms with Crippen molar-refractivity contribution >= 4 is 29.9 Å². The van der Waals surface area contributed by atoms with Crippen molar-refractivity contribution in [3.8, 4) is 0 Å². The van der Waals surface area contributed by atoms with Crippen molar-refractivity contribution in [2.24, 2.45) is 17.6 Å². The lowest BCUT2D eigenvalue weighted by atomic mass is 9.94. The molecule has 0 heterocycles. The summed E-state index contributed by atoms with van der Waals surface area (Å²) in [6, 6.07) is 7.83. The maximum Gasteiger partial charge on any atom is 0.220 e. The zero-order valence-corrected chi connectivity index (χ0v) is 14.8. The Morgan fingerprint density at radius 1 is 1.36 bits per heavy atom. The molecular weight excluding hydrogens is 319 g/mol. The van der Waals surface area contributed by atoms with Crippen LogP contribution in [0, 0.1) is 11.8 Å². The minimum absolute atomic E-state index is 0. The molecule has 1 aliphatic carbocycles. The van der Waals surface area contributed by atoms with Crippen LogP contribution >= 0.6 is 24.0 Å². The molecular formula is C17H26Cl2N2O. The highest BCUT2D eigenvalue weighted by Gasteiger charge is 2.28. The van der Waals surface area contributed by atoms with E-state index in [-0.39, 0.29) is 36.3 Å². The van der Waals surface area contributed by atoms with Crippen molar-refractivity contribution in [2.45, 2.75) is 51.6 Å². The fourth-order valence-corrected chi connectivity index (χ4v) is 3.37. The summed E-state index contributed by atoms with van der Waals surface area (Å²) in [5.41, 5.74) is 7.04. The van der Waals surface area contributed by atoms with Gasteiger partial charge >= 0.3 is 0 Å². The zero-order valence-electron chi connectivity index (χ0n) is 13.2. The molecule has 0 saturated heterocycles. The number of carbonyl (C=O) groups excluding carboxylic acids is 1. The number of nitrogens with two attached hydrogens (primary N) is 1. The van der Waals surface area contributed by atoms with E-state index in [2.05, 4.69) is 19.2 Å². The normalized spacial score (nSPS) is 22.2. The molecule has 1 aliphatic rings. The van der Waals surface area contributed by atoms with Crippen LogP contribution in [0.5, 0.6) is 0 Å². The summed E-state index contributed by atoms with van der Waals surface area (Å²) in [4.78, 5) is 12.3. The summed E-state index contributed by atoms with van der Waals surface area (Å²) in [5.74, 6) is 0.686. The third-order valence-electron chi connectivity index (χ3n) is 4.39. The van der Waals surface area contributed by atoms with Gasteiger partial charge in [0.1, 0.15) is 0 Å². The van der Waals surface area contributed by atoms with Gasteiger partial charge in [-0.1, -0.05) is 50.1 Å². The van der Waals surface area contributed by atoms with Crippen molar-refractivity contribution < 1.29 is 4.79 Å². The molecule has 0 spiro atoms. The monoisotopic (exact) mass is 344 g/mol. The number of benzene rings is 1. The third kappa shape index (κ3) is 4.87. The topological polar surface area (TPSA) is 55.1 Å². The second kappa shape index (κ2) is 8.76. The van der Waals surface area contributed by atoms with Gasteiger partial charge in [-0.3, -0.25) is 4.79 Å². The largest absolute Gasteiger partial charge is 0.349 e. The molecule has 0 radical (unpaired) electrons. The number of rotatable bonds is 5. The van der Waals surface area contributed by atoms with E-state index in [1.54, 1.807) is 0 Å². The van der Waals surface area contributed by atoms with Crippen LogP contribution in [0.3, 0.4) is 0 Å². The molecule has 1 unspecified atom stereocenters. The number of hydrogen-bond donors (Lipinski definition) is 2. The van der Waals surface area contributed by atoms with Crippen LogP contribution in [0.15, 0.2) is 24.3 Å². The summed E-state index contributed by atoms with van der Waals surface area (Å²) in [6.45, 7) is 4.19. The van der Waals surface area contributed by atoms with E-state index in [0.29, 0.717) is 17.4 Å². The number of halogens is 2. The van der Waals surface area contributed by atoms with E-state index in [0.717, 1.165) is 24.8 Å². The van der Waals surface area contributed by atoms with E-state index in [1.807, 2.05) is 24.3 Å². The van der Waals surface area contributed by atoms with Gasteiger partial charge < -0.3 is 11.1 Å². The minimum atomic E-state index is -0.0520. The maximum atomic E-state index is 12.3. The molecule has 0 aliphatic heterocycles. The molecule has 124 valence electrons. The van der Waals surface area contributed by atoms with Crippen LogP contribution in [-0.2, 0) is 4.79 Å².